The number of amides is 1. The molecule has 3 rings (SSSR count). The monoisotopic (exact) mass is 363 g/mol. The lowest BCUT2D eigenvalue weighted by Crippen LogP contribution is -2.57. The molecular formula is C14H19Cl2N3O2S. The third-order valence-corrected chi connectivity index (χ3v) is 4.74. The predicted octanol–water partition coefficient (Wildman–Crippen LogP) is 3.07. The molecule has 0 saturated carbocycles. The van der Waals surface area contributed by atoms with E-state index >= 15 is 0 Å². The summed E-state index contributed by atoms with van der Waals surface area (Å²) in [5, 5.41) is 4.12. The van der Waals surface area contributed by atoms with Gasteiger partial charge in [0, 0.05) is 25.2 Å². The van der Waals surface area contributed by atoms with E-state index in [0.29, 0.717) is 16.7 Å². The van der Waals surface area contributed by atoms with E-state index in [-0.39, 0.29) is 36.8 Å². The van der Waals surface area contributed by atoms with Crippen molar-refractivity contribution in [2.24, 2.45) is 0 Å². The second-order valence-electron chi connectivity index (χ2n) is 4.99. The first-order valence-electron chi connectivity index (χ1n) is 6.71. The molecule has 8 heteroatoms. The van der Waals surface area contributed by atoms with Gasteiger partial charge in [-0.1, -0.05) is 0 Å². The third kappa shape index (κ3) is 3.63. The molecule has 5 nitrogen and oxygen atoms in total. The van der Waals surface area contributed by atoms with Crippen molar-refractivity contribution in [1.82, 2.24) is 15.2 Å². The van der Waals surface area contributed by atoms with Crippen LogP contribution in [0.4, 0.5) is 0 Å². The number of hydrogen-bond acceptors (Lipinski definition) is 5. The van der Waals surface area contributed by atoms with Gasteiger partial charge in [0.05, 0.1) is 12.5 Å². The summed E-state index contributed by atoms with van der Waals surface area (Å²) in [4.78, 5) is 19.4. The number of halogens is 2. The Morgan fingerprint density at radius 3 is 2.91 bits per heavy atom. The van der Waals surface area contributed by atoms with Crippen LogP contribution in [0.5, 0.6) is 0 Å². The minimum atomic E-state index is 0. The van der Waals surface area contributed by atoms with E-state index < -0.39 is 0 Å². The Kier molecular flexibility index (Phi) is 6.87. The van der Waals surface area contributed by atoms with Gasteiger partial charge in [0.1, 0.15) is 4.88 Å². The van der Waals surface area contributed by atoms with Crippen LogP contribution in [-0.4, -0.2) is 41.0 Å². The van der Waals surface area contributed by atoms with Crippen LogP contribution in [0, 0.1) is 0 Å². The highest BCUT2D eigenvalue weighted by Gasteiger charge is 2.29. The Hall–Kier alpha value is -1.08. The Labute approximate surface area is 145 Å². The normalized spacial score (nSPS) is 20.9. The van der Waals surface area contributed by atoms with Crippen LogP contribution < -0.4 is 5.32 Å². The molecular weight excluding hydrogens is 345 g/mol. The molecule has 0 aromatic carbocycles. The minimum absolute atomic E-state index is 0. The molecule has 22 heavy (non-hydrogen) atoms. The Morgan fingerprint density at radius 1 is 1.45 bits per heavy atom. The van der Waals surface area contributed by atoms with Crippen molar-refractivity contribution < 1.29 is 9.21 Å². The zero-order chi connectivity index (χ0) is 14.1. The number of carbonyl (C=O) groups excluding carboxylic acids is 1. The molecule has 1 fully saturated rings. The molecule has 1 aliphatic heterocycles. The molecule has 0 radical (unpaired) electrons. The first kappa shape index (κ1) is 19.0. The molecule has 0 aliphatic carbocycles. The molecule has 3 heterocycles. The summed E-state index contributed by atoms with van der Waals surface area (Å²) in [6, 6.07) is 4.16. The van der Waals surface area contributed by atoms with Crippen molar-refractivity contribution >= 4 is 42.1 Å². The van der Waals surface area contributed by atoms with Gasteiger partial charge in [-0.15, -0.1) is 36.2 Å². The number of nitrogens with zero attached hydrogens (tertiary/aromatic N) is 2. The topological polar surface area (TPSA) is 58.4 Å². The van der Waals surface area contributed by atoms with Crippen LogP contribution in [0.1, 0.15) is 23.5 Å². The summed E-state index contributed by atoms with van der Waals surface area (Å²) in [5.74, 6) is 0.761. The van der Waals surface area contributed by atoms with Crippen LogP contribution in [0.15, 0.2) is 29.0 Å². The first-order chi connectivity index (χ1) is 9.66. The smallest absolute Gasteiger partial charge is 0.265 e. The van der Waals surface area contributed by atoms with Gasteiger partial charge in [0.15, 0.2) is 10.8 Å². The molecule has 0 spiro atoms. The second-order valence-corrected chi connectivity index (χ2v) is 6.02. The van der Waals surface area contributed by atoms with Crippen molar-refractivity contribution in [3.05, 3.63) is 29.5 Å². The molecule has 2 unspecified atom stereocenters. The van der Waals surface area contributed by atoms with Gasteiger partial charge in [-0.2, -0.15) is 0 Å². The van der Waals surface area contributed by atoms with E-state index in [1.807, 2.05) is 17.0 Å². The van der Waals surface area contributed by atoms with Gasteiger partial charge < -0.3 is 14.6 Å². The molecule has 2 atom stereocenters. The molecule has 122 valence electrons. The van der Waals surface area contributed by atoms with Crippen LogP contribution in [-0.2, 0) is 0 Å². The predicted molar refractivity (Wildman–Crippen MR) is 92.3 cm³/mol. The minimum Gasteiger partial charge on any atom is -0.462 e. The SMILES string of the molecule is CC1NCCN(C(=O)c2cnc(-c3ccco3)s2)C1C.Cl.Cl. The van der Waals surface area contributed by atoms with Gasteiger partial charge in [-0.05, 0) is 26.0 Å². The van der Waals surface area contributed by atoms with Crippen molar-refractivity contribution in [2.45, 2.75) is 25.9 Å². The van der Waals surface area contributed by atoms with Gasteiger partial charge in [-0.3, -0.25) is 4.79 Å². The van der Waals surface area contributed by atoms with Crippen molar-refractivity contribution in [3.8, 4) is 10.8 Å². The maximum Gasteiger partial charge on any atom is 0.265 e. The van der Waals surface area contributed by atoms with E-state index in [1.54, 1.807) is 12.5 Å². The Morgan fingerprint density at radius 2 is 2.23 bits per heavy atom. The van der Waals surface area contributed by atoms with Crippen molar-refractivity contribution in [2.75, 3.05) is 13.1 Å². The van der Waals surface area contributed by atoms with E-state index in [0.717, 1.165) is 18.1 Å². The van der Waals surface area contributed by atoms with Crippen LogP contribution in [0.25, 0.3) is 10.8 Å². The molecule has 1 amide bonds. The number of nitrogens with one attached hydrogen (secondary N) is 1. The number of carbonyl (C=O) groups is 1. The van der Waals surface area contributed by atoms with E-state index in [1.165, 1.54) is 11.3 Å². The number of aromatic nitrogens is 1. The van der Waals surface area contributed by atoms with Crippen molar-refractivity contribution in [3.63, 3.8) is 0 Å². The maximum absolute atomic E-state index is 12.6. The summed E-state index contributed by atoms with van der Waals surface area (Å²) in [6.07, 6.45) is 3.25. The molecule has 1 aliphatic rings. The van der Waals surface area contributed by atoms with E-state index in [4.69, 9.17) is 4.42 Å². The summed E-state index contributed by atoms with van der Waals surface area (Å²) < 4.78 is 5.31. The Bertz CT molecular complexity index is 603. The summed E-state index contributed by atoms with van der Waals surface area (Å²) in [6.45, 7) is 5.74. The molecule has 2 aromatic rings. The lowest BCUT2D eigenvalue weighted by Gasteiger charge is -2.38. The van der Waals surface area contributed by atoms with Gasteiger partial charge in [-0.25, -0.2) is 4.98 Å². The zero-order valence-electron chi connectivity index (χ0n) is 12.3. The lowest BCUT2D eigenvalue weighted by molar-refractivity contribution is 0.0607. The second kappa shape index (κ2) is 7.97. The lowest BCUT2D eigenvalue weighted by atomic mass is 10.1. The number of rotatable bonds is 2. The molecule has 1 saturated heterocycles. The average Bonchev–Trinajstić information content (AvgIpc) is 3.11. The third-order valence-electron chi connectivity index (χ3n) is 3.74. The van der Waals surface area contributed by atoms with Crippen LogP contribution in [0.3, 0.4) is 0 Å². The Balaban J connectivity index is 0.00000121. The van der Waals surface area contributed by atoms with Gasteiger partial charge >= 0.3 is 0 Å². The quantitative estimate of drug-likeness (QED) is 0.890. The fourth-order valence-electron chi connectivity index (χ4n) is 2.37. The molecule has 0 bridgehead atoms. The fourth-order valence-corrected chi connectivity index (χ4v) is 3.21. The number of hydrogen-bond donors (Lipinski definition) is 1. The standard InChI is InChI=1S/C14H17N3O2S.2ClH/c1-9-10(2)17(6-5-15-9)14(18)12-8-16-13(20-12)11-4-3-7-19-11;;/h3-4,7-10,15H,5-6H2,1-2H3;2*1H. The van der Waals surface area contributed by atoms with Crippen LogP contribution in [0.2, 0.25) is 0 Å². The maximum atomic E-state index is 12.6. The molecule has 1 N–H and O–H groups in total. The summed E-state index contributed by atoms with van der Waals surface area (Å²) in [7, 11) is 0. The zero-order valence-corrected chi connectivity index (χ0v) is 14.8. The van der Waals surface area contributed by atoms with E-state index in [2.05, 4.69) is 24.1 Å². The van der Waals surface area contributed by atoms with E-state index in [9.17, 15) is 4.79 Å². The summed E-state index contributed by atoms with van der Waals surface area (Å²) >= 11 is 1.38. The summed E-state index contributed by atoms with van der Waals surface area (Å²) in [5.41, 5.74) is 0. The van der Waals surface area contributed by atoms with Gasteiger partial charge in [0.2, 0.25) is 0 Å². The largest absolute Gasteiger partial charge is 0.462 e. The van der Waals surface area contributed by atoms with Crippen molar-refractivity contribution in [1.29, 1.82) is 0 Å². The van der Waals surface area contributed by atoms with Gasteiger partial charge in [0.25, 0.3) is 5.91 Å². The number of furan rings is 1. The highest BCUT2D eigenvalue weighted by Crippen LogP contribution is 2.27. The number of piperazine rings is 1. The average molecular weight is 364 g/mol. The highest BCUT2D eigenvalue weighted by molar-refractivity contribution is 7.16. The fraction of sp³-hybridized carbons (Fsp3) is 0.429. The molecule has 2 aromatic heterocycles. The first-order valence-corrected chi connectivity index (χ1v) is 7.52. The number of thiazole rings is 1. The van der Waals surface area contributed by atoms with Crippen LogP contribution >= 0.6 is 36.2 Å². The highest BCUT2D eigenvalue weighted by atomic mass is 35.5.